The van der Waals surface area contributed by atoms with Crippen LogP contribution < -0.4 is 5.46 Å². The summed E-state index contributed by atoms with van der Waals surface area (Å²) in [5, 5.41) is 18.1. The van der Waals surface area contributed by atoms with Crippen LogP contribution >= 0.6 is 11.6 Å². The summed E-state index contributed by atoms with van der Waals surface area (Å²) in [4.78, 5) is 4.14. The summed E-state index contributed by atoms with van der Waals surface area (Å²) in [6.07, 6.45) is 0. The van der Waals surface area contributed by atoms with Crippen LogP contribution in [-0.2, 0) is 0 Å². The first-order chi connectivity index (χ1) is 6.43. The van der Waals surface area contributed by atoms with Crippen LogP contribution in [-0.4, -0.2) is 22.2 Å². The fraction of sp³-hybridized carbons (Fsp3) is 0.444. The Morgan fingerprint density at radius 3 is 2.43 bits per heavy atom. The molecular weight excluding hydrogens is 200 g/mol. The van der Waals surface area contributed by atoms with Gasteiger partial charge in [0.2, 0.25) is 0 Å². The molecule has 0 saturated heterocycles. The van der Waals surface area contributed by atoms with Crippen molar-refractivity contribution in [1.29, 1.82) is 0 Å². The number of nitrogens with zero attached hydrogens (tertiary/aromatic N) is 1. The molecule has 5 heteroatoms. The molecule has 0 atom stereocenters. The molecule has 1 rings (SSSR count). The quantitative estimate of drug-likeness (QED) is 0.566. The molecule has 3 nitrogen and oxygen atoms in total. The van der Waals surface area contributed by atoms with Crippen molar-refractivity contribution >= 4 is 24.2 Å². The minimum absolute atomic E-state index is 0.161. The second-order valence-corrected chi connectivity index (χ2v) is 3.96. The van der Waals surface area contributed by atoms with E-state index in [0.717, 1.165) is 11.3 Å². The first kappa shape index (κ1) is 11.5. The second kappa shape index (κ2) is 4.30. The standard InChI is InChI=1S/C9H13BClNO2/c1-5(2)8-6(3)4-7(10(13)14)9(11)12-8/h4-5,13-14H,1-3H3. The maximum Gasteiger partial charge on any atom is 0.491 e. The molecule has 0 unspecified atom stereocenters. The first-order valence-corrected chi connectivity index (χ1v) is 4.84. The molecule has 0 radical (unpaired) electrons. The number of aromatic nitrogens is 1. The Kier molecular flexibility index (Phi) is 3.53. The van der Waals surface area contributed by atoms with Gasteiger partial charge in [-0.25, -0.2) is 4.98 Å². The van der Waals surface area contributed by atoms with Crippen LogP contribution in [0.5, 0.6) is 0 Å². The van der Waals surface area contributed by atoms with Crippen LogP contribution in [0, 0.1) is 6.92 Å². The first-order valence-electron chi connectivity index (χ1n) is 4.46. The van der Waals surface area contributed by atoms with Crippen molar-refractivity contribution in [3.8, 4) is 0 Å². The Hall–Kier alpha value is -0.575. The average molecular weight is 213 g/mol. The lowest BCUT2D eigenvalue weighted by atomic mass is 9.80. The van der Waals surface area contributed by atoms with Crippen molar-refractivity contribution < 1.29 is 10.0 Å². The Balaban J connectivity index is 3.24. The highest BCUT2D eigenvalue weighted by atomic mass is 35.5. The highest BCUT2D eigenvalue weighted by molar-refractivity contribution is 6.62. The van der Waals surface area contributed by atoms with Gasteiger partial charge in [0.05, 0.1) is 0 Å². The van der Waals surface area contributed by atoms with E-state index < -0.39 is 7.12 Å². The molecule has 0 aliphatic heterocycles. The van der Waals surface area contributed by atoms with E-state index in [9.17, 15) is 0 Å². The summed E-state index contributed by atoms with van der Waals surface area (Å²) >= 11 is 5.81. The van der Waals surface area contributed by atoms with Gasteiger partial charge in [-0.15, -0.1) is 0 Å². The third-order valence-corrected chi connectivity index (χ3v) is 2.36. The Labute approximate surface area is 88.9 Å². The Morgan fingerprint density at radius 2 is 2.00 bits per heavy atom. The zero-order valence-electron chi connectivity index (χ0n) is 8.45. The third-order valence-electron chi connectivity index (χ3n) is 2.06. The van der Waals surface area contributed by atoms with Crippen molar-refractivity contribution in [2.45, 2.75) is 26.7 Å². The second-order valence-electron chi connectivity index (χ2n) is 3.60. The topological polar surface area (TPSA) is 53.4 Å². The highest BCUT2D eigenvalue weighted by Crippen LogP contribution is 2.17. The minimum Gasteiger partial charge on any atom is -0.423 e. The van der Waals surface area contributed by atoms with Crippen molar-refractivity contribution in [3.63, 3.8) is 0 Å². The van der Waals surface area contributed by atoms with Crippen LogP contribution in [0.3, 0.4) is 0 Å². The summed E-state index contributed by atoms with van der Waals surface area (Å²) in [6, 6.07) is 1.66. The van der Waals surface area contributed by atoms with E-state index in [-0.39, 0.29) is 16.5 Å². The molecule has 0 amide bonds. The van der Waals surface area contributed by atoms with Crippen LogP contribution in [0.4, 0.5) is 0 Å². The summed E-state index contributed by atoms with van der Waals surface area (Å²) in [5.41, 5.74) is 2.07. The third kappa shape index (κ3) is 2.26. The van der Waals surface area contributed by atoms with Gasteiger partial charge in [0.25, 0.3) is 0 Å². The molecule has 0 bridgehead atoms. The zero-order valence-corrected chi connectivity index (χ0v) is 9.21. The maximum atomic E-state index is 8.99. The summed E-state index contributed by atoms with van der Waals surface area (Å²) in [6.45, 7) is 5.91. The van der Waals surface area contributed by atoms with Crippen molar-refractivity contribution in [1.82, 2.24) is 4.98 Å². The van der Waals surface area contributed by atoms with Gasteiger partial charge in [0.15, 0.2) is 0 Å². The van der Waals surface area contributed by atoms with E-state index in [0.29, 0.717) is 0 Å². The predicted molar refractivity (Wildman–Crippen MR) is 57.9 cm³/mol. The zero-order chi connectivity index (χ0) is 10.9. The molecule has 0 aromatic carbocycles. The smallest absolute Gasteiger partial charge is 0.423 e. The Bertz CT molecular complexity index is 308. The Morgan fingerprint density at radius 1 is 1.43 bits per heavy atom. The lowest BCUT2D eigenvalue weighted by molar-refractivity contribution is 0.425. The average Bonchev–Trinajstić information content (AvgIpc) is 2.07. The minimum atomic E-state index is -1.56. The van der Waals surface area contributed by atoms with Crippen LogP contribution in [0.25, 0.3) is 0 Å². The molecule has 0 saturated carbocycles. The molecule has 76 valence electrons. The van der Waals surface area contributed by atoms with Gasteiger partial charge in [0, 0.05) is 11.2 Å². The van der Waals surface area contributed by atoms with E-state index in [1.54, 1.807) is 6.07 Å². The van der Waals surface area contributed by atoms with Crippen LogP contribution in [0.15, 0.2) is 6.07 Å². The lowest BCUT2D eigenvalue weighted by Gasteiger charge is -2.11. The lowest BCUT2D eigenvalue weighted by Crippen LogP contribution is -2.32. The largest absolute Gasteiger partial charge is 0.491 e. The number of halogens is 1. The SMILES string of the molecule is Cc1cc(B(O)O)c(Cl)nc1C(C)C. The summed E-state index contributed by atoms with van der Waals surface area (Å²) < 4.78 is 0. The van der Waals surface area contributed by atoms with E-state index in [1.165, 1.54) is 0 Å². The summed E-state index contributed by atoms with van der Waals surface area (Å²) in [7, 11) is -1.56. The molecular formula is C9H13BClNO2. The van der Waals surface area contributed by atoms with Gasteiger partial charge in [-0.3, -0.25) is 0 Å². The molecule has 0 fully saturated rings. The van der Waals surface area contributed by atoms with Crippen LogP contribution in [0.1, 0.15) is 31.0 Å². The number of aryl methyl sites for hydroxylation is 1. The van der Waals surface area contributed by atoms with Gasteiger partial charge in [0.1, 0.15) is 5.15 Å². The normalized spacial score (nSPS) is 10.8. The predicted octanol–water partition coefficient (Wildman–Crippen LogP) is 0.847. The van der Waals surface area contributed by atoms with Crippen molar-refractivity contribution in [2.75, 3.05) is 0 Å². The monoisotopic (exact) mass is 213 g/mol. The number of pyridine rings is 1. The summed E-state index contributed by atoms with van der Waals surface area (Å²) in [5.74, 6) is 0.275. The number of rotatable bonds is 2. The number of hydrogen-bond donors (Lipinski definition) is 2. The van der Waals surface area contributed by atoms with Gasteiger partial charge >= 0.3 is 7.12 Å². The van der Waals surface area contributed by atoms with Gasteiger partial charge in [-0.2, -0.15) is 0 Å². The number of hydrogen-bond acceptors (Lipinski definition) is 3. The highest BCUT2D eigenvalue weighted by Gasteiger charge is 2.18. The van der Waals surface area contributed by atoms with Gasteiger partial charge in [-0.05, 0) is 18.4 Å². The van der Waals surface area contributed by atoms with Gasteiger partial charge < -0.3 is 10.0 Å². The molecule has 1 heterocycles. The van der Waals surface area contributed by atoms with Crippen molar-refractivity contribution in [2.24, 2.45) is 0 Å². The van der Waals surface area contributed by atoms with E-state index in [1.807, 2.05) is 20.8 Å². The fourth-order valence-electron chi connectivity index (χ4n) is 1.39. The van der Waals surface area contributed by atoms with Crippen LogP contribution in [0.2, 0.25) is 5.15 Å². The molecule has 0 aliphatic rings. The molecule has 2 N–H and O–H groups in total. The fourth-order valence-corrected chi connectivity index (χ4v) is 1.63. The maximum absolute atomic E-state index is 8.99. The van der Waals surface area contributed by atoms with E-state index in [4.69, 9.17) is 21.6 Å². The molecule has 1 aromatic heterocycles. The molecule has 1 aromatic rings. The molecule has 0 aliphatic carbocycles. The molecule has 0 spiro atoms. The van der Waals surface area contributed by atoms with Gasteiger partial charge in [-0.1, -0.05) is 31.5 Å². The van der Waals surface area contributed by atoms with E-state index >= 15 is 0 Å². The van der Waals surface area contributed by atoms with E-state index in [2.05, 4.69) is 4.98 Å². The van der Waals surface area contributed by atoms with Crippen molar-refractivity contribution in [3.05, 3.63) is 22.5 Å². The molecule has 14 heavy (non-hydrogen) atoms.